The molecule has 0 aromatic heterocycles. The second-order valence-electron chi connectivity index (χ2n) is 6.49. The van der Waals surface area contributed by atoms with Gasteiger partial charge in [-0.25, -0.2) is 0 Å². The van der Waals surface area contributed by atoms with Gasteiger partial charge in [0.15, 0.2) is 0 Å². The van der Waals surface area contributed by atoms with E-state index in [0.717, 1.165) is 11.3 Å². The van der Waals surface area contributed by atoms with Crippen molar-refractivity contribution in [2.24, 2.45) is 0 Å². The predicted octanol–water partition coefficient (Wildman–Crippen LogP) is 6.46. The number of methoxy groups -OCH3 is 1. The Labute approximate surface area is 201 Å². The van der Waals surface area contributed by atoms with Gasteiger partial charge in [0.25, 0.3) is 0 Å². The van der Waals surface area contributed by atoms with Crippen molar-refractivity contribution in [3.05, 3.63) is 108 Å². The number of rotatable bonds is 2. The van der Waals surface area contributed by atoms with Crippen LogP contribution < -0.4 is 4.74 Å². The zero-order valence-electron chi connectivity index (χ0n) is 18.0. The van der Waals surface area contributed by atoms with E-state index in [1.165, 1.54) is 16.7 Å². The molecule has 151 valence electrons. The summed E-state index contributed by atoms with van der Waals surface area (Å²) in [7, 11) is 3.25. The molecular weight excluding hydrogens is 433 g/mol. The summed E-state index contributed by atoms with van der Waals surface area (Å²) in [6.07, 6.45) is 0. The Bertz CT molecular complexity index is 816. The summed E-state index contributed by atoms with van der Waals surface area (Å²) >= 11 is 0. The van der Waals surface area contributed by atoms with Gasteiger partial charge in [0.1, 0.15) is 5.75 Å². The Balaban J connectivity index is 0.000000645. The van der Waals surface area contributed by atoms with Gasteiger partial charge in [0.2, 0.25) is 0 Å². The molecule has 0 bridgehead atoms. The predicted molar refractivity (Wildman–Crippen MR) is 118 cm³/mol. The zero-order chi connectivity index (χ0) is 20.4. The molecule has 0 fully saturated rings. The maximum atomic E-state index is 6.05. The Kier molecular flexibility index (Phi) is 11.9. The molecule has 0 saturated carbocycles. The van der Waals surface area contributed by atoms with Crippen LogP contribution in [0, 0.1) is 6.92 Å². The van der Waals surface area contributed by atoms with E-state index >= 15 is 0 Å². The smallest absolute Gasteiger partial charge is 0.123 e. The molecule has 0 saturated heterocycles. The standard InChI is InChI=1S/C22H19O.C2H6O.C2H6.Y/c1-16-11-13-18(14-12-16)22-19-9-5-6-10-21(19)23-15-20(22)17-7-3-2-4-8-17;1-3-2;1-2;/h2-14,20,22H,1,15H2;1-2H3;1-2H3;/q-1;;;. The molecule has 1 radical (unpaired) electrons. The van der Waals surface area contributed by atoms with Crippen LogP contribution in [-0.4, -0.2) is 20.8 Å². The monoisotopic (exact) mass is 464 g/mol. The first-order valence-electron chi connectivity index (χ1n) is 9.83. The molecular formula is C26H31O2Y-. The Morgan fingerprint density at radius 2 is 1.34 bits per heavy atom. The van der Waals surface area contributed by atoms with Gasteiger partial charge in [-0.1, -0.05) is 67.9 Å². The van der Waals surface area contributed by atoms with Crippen LogP contribution in [0.2, 0.25) is 0 Å². The van der Waals surface area contributed by atoms with E-state index in [2.05, 4.69) is 84.5 Å². The molecule has 1 aliphatic rings. The normalized spacial score (nSPS) is 16.4. The summed E-state index contributed by atoms with van der Waals surface area (Å²) in [5, 5.41) is 0. The maximum absolute atomic E-state index is 6.05. The zero-order valence-corrected chi connectivity index (χ0v) is 20.8. The SMILES string of the molecule is CC.COC.[CH2-]c1ccc(C2c3ccccc3OCC2c2ccccc2)cc1.[Y]. The topological polar surface area (TPSA) is 18.5 Å². The summed E-state index contributed by atoms with van der Waals surface area (Å²) in [6, 6.07) is 27.6. The fourth-order valence-corrected chi connectivity index (χ4v) is 3.49. The number of benzene rings is 3. The second-order valence-corrected chi connectivity index (χ2v) is 6.49. The molecule has 2 atom stereocenters. The molecule has 1 aliphatic heterocycles. The van der Waals surface area contributed by atoms with Crippen LogP contribution in [0.4, 0.5) is 0 Å². The number of fused-ring (bicyclic) bond motifs is 1. The van der Waals surface area contributed by atoms with Crippen LogP contribution in [0.3, 0.4) is 0 Å². The molecule has 3 aromatic rings. The number of hydrogen-bond acceptors (Lipinski definition) is 2. The van der Waals surface area contributed by atoms with E-state index in [1.54, 1.807) is 14.2 Å². The Hall–Kier alpha value is -1.61. The van der Waals surface area contributed by atoms with Crippen LogP contribution >= 0.6 is 0 Å². The third-order valence-corrected chi connectivity index (χ3v) is 4.64. The van der Waals surface area contributed by atoms with Crippen molar-refractivity contribution in [2.45, 2.75) is 25.7 Å². The molecule has 2 unspecified atom stereocenters. The minimum absolute atomic E-state index is 0. The van der Waals surface area contributed by atoms with Crippen LogP contribution in [-0.2, 0) is 37.4 Å². The molecule has 4 rings (SSSR count). The van der Waals surface area contributed by atoms with E-state index in [1.807, 2.05) is 19.9 Å². The summed E-state index contributed by atoms with van der Waals surface area (Å²) in [5.74, 6) is 1.63. The van der Waals surface area contributed by atoms with Crippen molar-refractivity contribution in [1.82, 2.24) is 0 Å². The molecule has 0 N–H and O–H groups in total. The minimum Gasteiger partial charge on any atom is -0.493 e. The van der Waals surface area contributed by atoms with Gasteiger partial charge < -0.3 is 9.47 Å². The van der Waals surface area contributed by atoms with E-state index in [0.29, 0.717) is 18.4 Å². The molecule has 2 nitrogen and oxygen atoms in total. The quantitative estimate of drug-likeness (QED) is 0.405. The minimum atomic E-state index is 0. The van der Waals surface area contributed by atoms with Crippen LogP contribution in [0.15, 0.2) is 78.9 Å². The first-order chi connectivity index (χ1) is 13.7. The second kappa shape index (κ2) is 13.6. The van der Waals surface area contributed by atoms with Crippen molar-refractivity contribution in [3.8, 4) is 5.75 Å². The van der Waals surface area contributed by atoms with Crippen molar-refractivity contribution < 1.29 is 42.2 Å². The van der Waals surface area contributed by atoms with Gasteiger partial charge in [-0.3, -0.25) is 0 Å². The molecule has 0 spiro atoms. The van der Waals surface area contributed by atoms with Gasteiger partial charge in [0, 0.05) is 64.3 Å². The first-order valence-corrected chi connectivity index (χ1v) is 9.83. The summed E-state index contributed by atoms with van der Waals surface area (Å²) in [4.78, 5) is 0. The van der Waals surface area contributed by atoms with E-state index in [4.69, 9.17) is 4.74 Å². The summed E-state index contributed by atoms with van der Waals surface area (Å²) in [6.45, 7) is 8.71. The number of ether oxygens (including phenoxy) is 2. The van der Waals surface area contributed by atoms with Crippen LogP contribution in [0.5, 0.6) is 5.75 Å². The van der Waals surface area contributed by atoms with Gasteiger partial charge in [0.05, 0.1) is 6.61 Å². The Morgan fingerprint density at radius 1 is 0.793 bits per heavy atom. The van der Waals surface area contributed by atoms with Gasteiger partial charge in [-0.2, -0.15) is 24.6 Å². The molecule has 3 heteroatoms. The van der Waals surface area contributed by atoms with E-state index < -0.39 is 0 Å². The third kappa shape index (κ3) is 6.71. The summed E-state index contributed by atoms with van der Waals surface area (Å²) in [5.41, 5.74) is 4.96. The van der Waals surface area contributed by atoms with E-state index in [-0.39, 0.29) is 32.7 Å². The van der Waals surface area contributed by atoms with Gasteiger partial charge in [-0.05, 0) is 11.6 Å². The van der Waals surface area contributed by atoms with E-state index in [9.17, 15) is 0 Å². The maximum Gasteiger partial charge on any atom is 0.123 e. The molecule has 0 amide bonds. The van der Waals surface area contributed by atoms with Crippen molar-refractivity contribution in [2.75, 3.05) is 20.8 Å². The van der Waals surface area contributed by atoms with Crippen LogP contribution in [0.1, 0.15) is 47.9 Å². The molecule has 0 aliphatic carbocycles. The first kappa shape index (κ1) is 25.4. The largest absolute Gasteiger partial charge is 0.493 e. The number of para-hydroxylation sites is 1. The van der Waals surface area contributed by atoms with Crippen molar-refractivity contribution in [3.63, 3.8) is 0 Å². The average Bonchev–Trinajstić information content (AvgIpc) is 2.76. The molecule has 1 heterocycles. The molecule has 29 heavy (non-hydrogen) atoms. The third-order valence-electron chi connectivity index (χ3n) is 4.64. The van der Waals surface area contributed by atoms with Gasteiger partial charge >= 0.3 is 0 Å². The summed E-state index contributed by atoms with van der Waals surface area (Å²) < 4.78 is 10.3. The number of hydrogen-bond donors (Lipinski definition) is 0. The van der Waals surface area contributed by atoms with Crippen molar-refractivity contribution in [1.29, 1.82) is 0 Å². The van der Waals surface area contributed by atoms with Gasteiger partial charge in [-0.15, -0.1) is 12.1 Å². The average molecular weight is 464 g/mol. The molecule has 3 aromatic carbocycles. The fraction of sp³-hybridized carbons (Fsp3) is 0.269. The van der Waals surface area contributed by atoms with Crippen LogP contribution in [0.25, 0.3) is 0 Å². The van der Waals surface area contributed by atoms with Crippen molar-refractivity contribution >= 4 is 0 Å². The fourth-order valence-electron chi connectivity index (χ4n) is 3.49. The Morgan fingerprint density at radius 3 is 1.97 bits per heavy atom.